The topological polar surface area (TPSA) is 116 Å². The van der Waals surface area contributed by atoms with E-state index in [1.54, 1.807) is 36.5 Å². The number of ether oxygens (including phenoxy) is 1. The number of thiophene rings is 1. The van der Waals surface area contributed by atoms with Crippen LogP contribution >= 0.6 is 22.9 Å². The van der Waals surface area contributed by atoms with E-state index in [1.807, 2.05) is 55.4 Å². The number of hydrogen-bond donors (Lipinski definition) is 3. The van der Waals surface area contributed by atoms with Gasteiger partial charge in [0.2, 0.25) is 5.91 Å². The van der Waals surface area contributed by atoms with Crippen molar-refractivity contribution in [3.63, 3.8) is 0 Å². The van der Waals surface area contributed by atoms with Gasteiger partial charge in [0.15, 0.2) is 0 Å². The molecule has 2 atom stereocenters. The largest absolute Gasteiger partial charge is 0.456 e. The molecule has 0 saturated heterocycles. The van der Waals surface area contributed by atoms with Crippen LogP contribution in [-0.2, 0) is 4.79 Å². The first-order valence-corrected chi connectivity index (χ1v) is 15.4. The SMILES string of the molecule is CN(C)C/C=C/C(=O)N[C@@H]1CC[C@H](NC(=O)c2sc3nccc4c3c2NC(=O)N4c2ccc(Oc3ccccc3)c(Cl)c2)C1. The first kappa shape index (κ1) is 29.6. The third-order valence-electron chi connectivity index (χ3n) is 7.45. The molecule has 1 aliphatic heterocycles. The van der Waals surface area contributed by atoms with Crippen molar-refractivity contribution >= 4 is 68.1 Å². The number of amides is 4. The van der Waals surface area contributed by atoms with Crippen LogP contribution < -0.4 is 25.6 Å². The van der Waals surface area contributed by atoms with Crippen molar-refractivity contribution in [3.05, 3.63) is 82.8 Å². The summed E-state index contributed by atoms with van der Waals surface area (Å²) in [6.45, 7) is 0.683. The molecule has 1 aliphatic carbocycles. The number of carbonyl (C=O) groups is 3. The summed E-state index contributed by atoms with van der Waals surface area (Å²) in [5.74, 6) is 0.691. The average Bonchev–Trinajstić information content (AvgIpc) is 3.59. The van der Waals surface area contributed by atoms with Gasteiger partial charge in [-0.25, -0.2) is 9.78 Å². The number of carbonyl (C=O) groups excluding carboxylic acids is 3. The molecule has 1 saturated carbocycles. The maximum atomic E-state index is 13.5. The van der Waals surface area contributed by atoms with E-state index >= 15 is 0 Å². The van der Waals surface area contributed by atoms with Gasteiger partial charge >= 0.3 is 6.03 Å². The van der Waals surface area contributed by atoms with E-state index in [1.165, 1.54) is 16.2 Å². The third-order valence-corrected chi connectivity index (χ3v) is 8.84. The monoisotopic (exact) mass is 630 g/mol. The van der Waals surface area contributed by atoms with Gasteiger partial charge in [-0.2, -0.15) is 0 Å². The third kappa shape index (κ3) is 6.26. The lowest BCUT2D eigenvalue weighted by atomic mass is 10.1. The molecule has 2 aromatic heterocycles. The molecule has 0 spiro atoms. The summed E-state index contributed by atoms with van der Waals surface area (Å²) in [7, 11) is 3.88. The van der Waals surface area contributed by atoms with Gasteiger partial charge in [-0.1, -0.05) is 35.9 Å². The normalized spacial score (nSPS) is 17.7. The maximum Gasteiger partial charge on any atom is 0.331 e. The zero-order valence-electron chi connectivity index (χ0n) is 24.2. The summed E-state index contributed by atoms with van der Waals surface area (Å²) in [4.78, 5) is 48.2. The minimum atomic E-state index is -0.420. The number of rotatable bonds is 9. The Balaban J connectivity index is 1.18. The van der Waals surface area contributed by atoms with Crippen LogP contribution in [0.15, 0.2) is 72.9 Å². The molecule has 4 amide bonds. The van der Waals surface area contributed by atoms with Crippen LogP contribution in [-0.4, -0.2) is 60.5 Å². The van der Waals surface area contributed by atoms with Gasteiger partial charge in [0.25, 0.3) is 5.91 Å². The molecule has 44 heavy (non-hydrogen) atoms. The zero-order valence-corrected chi connectivity index (χ0v) is 25.7. The standard InChI is InChI=1S/C32H31ClN6O4S/c1-38(2)16-6-9-26(40)35-19-10-11-20(17-19)36-30(41)29-28-27-24(14-15-34-31(27)44-29)39(32(42)37-28)21-12-13-25(23(33)18-21)43-22-7-4-3-5-8-22/h3-9,12-15,18-20H,10-11,16-17H2,1-2H3,(H,35,40)(H,36,41)(H,37,42)/b9-6+/t19-,20+/m1/s1. The molecule has 1 fully saturated rings. The summed E-state index contributed by atoms with van der Waals surface area (Å²) in [5, 5.41) is 10.1. The minimum Gasteiger partial charge on any atom is -0.456 e. The number of benzene rings is 2. The van der Waals surface area contributed by atoms with Gasteiger partial charge in [0.05, 0.1) is 27.5 Å². The lowest BCUT2D eigenvalue weighted by Crippen LogP contribution is -2.37. The number of pyridine rings is 1. The van der Waals surface area contributed by atoms with Gasteiger partial charge in [-0.3, -0.25) is 14.5 Å². The molecule has 2 aromatic carbocycles. The van der Waals surface area contributed by atoms with Gasteiger partial charge < -0.3 is 25.6 Å². The molecule has 3 N–H and O–H groups in total. The fraction of sp³-hybridized carbons (Fsp3) is 0.250. The summed E-state index contributed by atoms with van der Waals surface area (Å²) in [6, 6.07) is 15.7. The Bertz CT molecular complexity index is 1760. The summed E-state index contributed by atoms with van der Waals surface area (Å²) < 4.78 is 5.90. The first-order chi connectivity index (χ1) is 21.3. The highest BCUT2D eigenvalue weighted by molar-refractivity contribution is 7.21. The van der Waals surface area contributed by atoms with E-state index in [9.17, 15) is 14.4 Å². The van der Waals surface area contributed by atoms with E-state index in [0.717, 1.165) is 12.8 Å². The van der Waals surface area contributed by atoms with Crippen LogP contribution in [0.2, 0.25) is 5.02 Å². The predicted octanol–water partition coefficient (Wildman–Crippen LogP) is 6.31. The second-order valence-electron chi connectivity index (χ2n) is 11.0. The fourth-order valence-corrected chi connectivity index (χ4v) is 6.68. The van der Waals surface area contributed by atoms with Crippen molar-refractivity contribution in [2.24, 2.45) is 0 Å². The molecule has 226 valence electrons. The van der Waals surface area contributed by atoms with Gasteiger partial charge in [0, 0.05) is 30.9 Å². The highest BCUT2D eigenvalue weighted by atomic mass is 35.5. The van der Waals surface area contributed by atoms with Crippen molar-refractivity contribution in [2.75, 3.05) is 30.9 Å². The van der Waals surface area contributed by atoms with E-state index in [-0.39, 0.29) is 23.9 Å². The predicted molar refractivity (Wildman–Crippen MR) is 173 cm³/mol. The van der Waals surface area contributed by atoms with E-state index in [2.05, 4.69) is 20.9 Å². The van der Waals surface area contributed by atoms with Gasteiger partial charge in [-0.15, -0.1) is 11.3 Å². The lowest BCUT2D eigenvalue weighted by Gasteiger charge is -2.28. The molecular weight excluding hydrogens is 600 g/mol. The zero-order chi connectivity index (χ0) is 30.8. The molecule has 2 aliphatic rings. The Hall–Kier alpha value is -4.45. The Morgan fingerprint density at radius 2 is 1.91 bits per heavy atom. The molecule has 6 rings (SSSR count). The summed E-state index contributed by atoms with van der Waals surface area (Å²) in [5.41, 5.74) is 1.58. The van der Waals surface area contributed by atoms with E-state index in [0.29, 0.717) is 61.6 Å². The Labute approximate surface area is 263 Å². The van der Waals surface area contributed by atoms with Crippen molar-refractivity contribution in [1.82, 2.24) is 20.5 Å². The Kier molecular flexibility index (Phi) is 8.51. The van der Waals surface area contributed by atoms with E-state index < -0.39 is 6.03 Å². The minimum absolute atomic E-state index is 0.0181. The number of anilines is 3. The van der Waals surface area contributed by atoms with Crippen LogP contribution in [0, 0.1) is 0 Å². The first-order valence-electron chi connectivity index (χ1n) is 14.2. The van der Waals surface area contributed by atoms with Crippen LogP contribution in [0.5, 0.6) is 11.5 Å². The molecule has 12 heteroatoms. The fourth-order valence-electron chi connectivity index (χ4n) is 5.44. The van der Waals surface area contributed by atoms with Crippen LogP contribution in [0.25, 0.3) is 10.2 Å². The molecule has 0 bridgehead atoms. The molecule has 10 nitrogen and oxygen atoms in total. The number of nitrogens with zero attached hydrogens (tertiary/aromatic N) is 3. The number of urea groups is 1. The molecule has 0 unspecified atom stereocenters. The maximum absolute atomic E-state index is 13.5. The van der Waals surface area contributed by atoms with Crippen LogP contribution in [0.3, 0.4) is 0 Å². The average molecular weight is 631 g/mol. The summed E-state index contributed by atoms with van der Waals surface area (Å²) >= 11 is 7.80. The lowest BCUT2D eigenvalue weighted by molar-refractivity contribution is -0.117. The quantitative estimate of drug-likeness (QED) is 0.187. The van der Waals surface area contributed by atoms with Crippen molar-refractivity contribution in [3.8, 4) is 11.5 Å². The van der Waals surface area contributed by atoms with Gasteiger partial charge in [0.1, 0.15) is 21.2 Å². The highest BCUT2D eigenvalue weighted by Gasteiger charge is 2.34. The molecule has 0 radical (unpaired) electrons. The Morgan fingerprint density at radius 3 is 2.66 bits per heavy atom. The second kappa shape index (κ2) is 12.7. The highest BCUT2D eigenvalue weighted by Crippen LogP contribution is 2.46. The number of nitrogens with one attached hydrogen (secondary N) is 3. The van der Waals surface area contributed by atoms with Crippen LogP contribution in [0.4, 0.5) is 21.9 Å². The Morgan fingerprint density at radius 1 is 1.14 bits per heavy atom. The van der Waals surface area contributed by atoms with Crippen molar-refractivity contribution in [2.45, 2.75) is 31.3 Å². The smallest absolute Gasteiger partial charge is 0.331 e. The van der Waals surface area contributed by atoms with Crippen molar-refractivity contribution in [1.29, 1.82) is 0 Å². The second-order valence-corrected chi connectivity index (χ2v) is 12.4. The number of halogens is 1. The number of hydrogen-bond acceptors (Lipinski definition) is 7. The van der Waals surface area contributed by atoms with E-state index in [4.69, 9.17) is 16.3 Å². The molecular formula is C32H31ClN6O4S. The number of likely N-dealkylation sites (N-methyl/N-ethyl adjacent to an activating group) is 1. The van der Waals surface area contributed by atoms with Gasteiger partial charge in [-0.05, 0) is 69.8 Å². The summed E-state index contributed by atoms with van der Waals surface area (Å²) in [6.07, 6.45) is 7.13. The molecule has 3 heterocycles. The van der Waals surface area contributed by atoms with Crippen molar-refractivity contribution < 1.29 is 19.1 Å². The number of para-hydroxylation sites is 1. The molecule has 4 aromatic rings. The van der Waals surface area contributed by atoms with Crippen LogP contribution in [0.1, 0.15) is 28.9 Å². The number of aromatic nitrogens is 1.